The molecule has 2 aliphatic rings. The van der Waals surface area contributed by atoms with Gasteiger partial charge in [0.25, 0.3) is 0 Å². The van der Waals surface area contributed by atoms with E-state index in [0.717, 1.165) is 33.9 Å². The van der Waals surface area contributed by atoms with E-state index in [0.29, 0.717) is 0 Å². The maximum atomic E-state index is 6.72. The van der Waals surface area contributed by atoms with Crippen molar-refractivity contribution in [1.82, 2.24) is 9.55 Å². The highest BCUT2D eigenvalue weighted by Crippen LogP contribution is 2.57. The van der Waals surface area contributed by atoms with E-state index in [4.69, 9.17) is 9.92 Å². The van der Waals surface area contributed by atoms with Crippen LogP contribution in [0, 0.1) is 0 Å². The smallest absolute Gasteiger partial charge is 0.137 e. The average Bonchev–Trinajstić information content (AvgIpc) is 3.85. The van der Waals surface area contributed by atoms with E-state index in [-0.39, 0.29) is 11.0 Å². The standard InChI is InChI=1S/C50H44N4O/c1-48(2,3)33-28-29-51-47(32-33)52-43-23-12-9-20-39(43)40-27-26-35(31-46(40)52)50(41-21-10-7-18-37(41)38-19-8-11-22-42(38)50)34-16-15-17-36(30-34)53-44-24-13-14-25-45(44)54(55-53)49(4,5)6/h7-32H,1-6H3. The number of rotatable bonds is 4. The fourth-order valence-electron chi connectivity index (χ4n) is 8.99. The minimum Gasteiger partial charge on any atom is -0.294 e. The van der Waals surface area contributed by atoms with Crippen LogP contribution in [0.5, 0.6) is 0 Å². The van der Waals surface area contributed by atoms with Crippen molar-refractivity contribution in [2.45, 2.75) is 57.9 Å². The first-order valence-corrected chi connectivity index (χ1v) is 19.2. The zero-order valence-electron chi connectivity index (χ0n) is 32.2. The predicted molar refractivity (Wildman–Crippen MR) is 226 cm³/mol. The molecule has 5 heteroatoms. The van der Waals surface area contributed by atoms with Crippen molar-refractivity contribution in [3.05, 3.63) is 186 Å². The molecule has 0 unspecified atom stereocenters. The monoisotopic (exact) mass is 716 g/mol. The first-order chi connectivity index (χ1) is 26.5. The molecular formula is C50H44N4O. The van der Waals surface area contributed by atoms with Gasteiger partial charge < -0.3 is 0 Å². The summed E-state index contributed by atoms with van der Waals surface area (Å²) in [7, 11) is 0. The highest BCUT2D eigenvalue weighted by atomic mass is 16.8. The summed E-state index contributed by atoms with van der Waals surface area (Å²) in [6.07, 6.45) is 1.95. The molecule has 0 amide bonds. The summed E-state index contributed by atoms with van der Waals surface area (Å²) < 4.78 is 2.36. The maximum absolute atomic E-state index is 6.72. The summed E-state index contributed by atoms with van der Waals surface area (Å²) in [6, 6.07) is 55.5. The molecule has 0 atom stereocenters. The van der Waals surface area contributed by atoms with Crippen molar-refractivity contribution >= 4 is 38.9 Å². The summed E-state index contributed by atoms with van der Waals surface area (Å²) >= 11 is 0. The predicted octanol–water partition coefficient (Wildman–Crippen LogP) is 12.4. The number of nitrogens with zero attached hydrogens (tertiary/aromatic N) is 4. The third-order valence-corrected chi connectivity index (χ3v) is 11.5. The summed E-state index contributed by atoms with van der Waals surface area (Å²) in [4.78, 5) is 11.7. The molecule has 1 aliphatic carbocycles. The highest BCUT2D eigenvalue weighted by molar-refractivity contribution is 6.09. The molecule has 0 saturated heterocycles. The number of benzene rings is 6. The Balaban J connectivity index is 1.25. The fraction of sp³-hybridized carbons (Fsp3) is 0.180. The van der Waals surface area contributed by atoms with E-state index in [9.17, 15) is 0 Å². The normalized spacial score (nSPS) is 14.7. The van der Waals surface area contributed by atoms with Gasteiger partial charge in [-0.2, -0.15) is 5.06 Å². The fourth-order valence-corrected chi connectivity index (χ4v) is 8.99. The highest BCUT2D eigenvalue weighted by Gasteiger charge is 2.47. The number of hydrogen-bond acceptors (Lipinski definition) is 4. The second kappa shape index (κ2) is 11.9. The molecule has 2 aromatic heterocycles. The van der Waals surface area contributed by atoms with Crippen LogP contribution in [0.1, 0.15) is 69.4 Å². The number of hydroxylamine groups is 1. The number of fused-ring (bicyclic) bond motifs is 7. The van der Waals surface area contributed by atoms with Gasteiger partial charge in [-0.05, 0) is 114 Å². The topological polar surface area (TPSA) is 33.5 Å². The largest absolute Gasteiger partial charge is 0.294 e. The first-order valence-electron chi connectivity index (χ1n) is 19.2. The lowest BCUT2D eigenvalue weighted by Crippen LogP contribution is -2.41. The van der Waals surface area contributed by atoms with Gasteiger partial charge in [0.05, 0.1) is 39.0 Å². The number of pyridine rings is 1. The third kappa shape index (κ3) is 4.92. The third-order valence-electron chi connectivity index (χ3n) is 11.5. The molecule has 5 nitrogen and oxygen atoms in total. The van der Waals surface area contributed by atoms with Gasteiger partial charge in [-0.3, -0.25) is 4.57 Å². The minimum absolute atomic E-state index is 0.0164. The van der Waals surface area contributed by atoms with Crippen LogP contribution in [0.3, 0.4) is 0 Å². The summed E-state index contributed by atoms with van der Waals surface area (Å²) in [6.45, 7) is 13.3. The van der Waals surface area contributed by atoms with E-state index in [1.165, 1.54) is 49.7 Å². The SMILES string of the molecule is CC(C)(C)c1ccnc(-n2c3ccccc3c3ccc(C4(c5cccc(N6ON(C(C)(C)C)c7ccccc76)c5)c5ccccc5-c5ccccc54)cc32)c1. The van der Waals surface area contributed by atoms with Crippen LogP contribution in [0.2, 0.25) is 0 Å². The molecule has 0 fully saturated rings. The Labute approximate surface area is 323 Å². The van der Waals surface area contributed by atoms with Crippen LogP contribution < -0.4 is 10.1 Å². The molecule has 0 spiro atoms. The zero-order valence-corrected chi connectivity index (χ0v) is 32.2. The van der Waals surface area contributed by atoms with Gasteiger partial charge in [-0.25, -0.2) is 10.0 Å². The molecule has 270 valence electrons. The van der Waals surface area contributed by atoms with Gasteiger partial charge >= 0.3 is 0 Å². The lowest BCUT2D eigenvalue weighted by atomic mass is 9.67. The lowest BCUT2D eigenvalue weighted by Gasteiger charge is -2.35. The van der Waals surface area contributed by atoms with Crippen LogP contribution in [0.15, 0.2) is 158 Å². The van der Waals surface area contributed by atoms with E-state index in [1.54, 1.807) is 0 Å². The van der Waals surface area contributed by atoms with Crippen molar-refractivity contribution in [3.63, 3.8) is 0 Å². The number of aromatic nitrogens is 2. The van der Waals surface area contributed by atoms with Crippen LogP contribution in [0.25, 0.3) is 38.8 Å². The van der Waals surface area contributed by atoms with Gasteiger partial charge in [0, 0.05) is 17.0 Å². The van der Waals surface area contributed by atoms with E-state index in [2.05, 4.69) is 198 Å². The molecule has 0 N–H and O–H groups in total. The van der Waals surface area contributed by atoms with Gasteiger partial charge in [0.2, 0.25) is 0 Å². The van der Waals surface area contributed by atoms with Gasteiger partial charge in [-0.1, -0.05) is 124 Å². The first kappa shape index (κ1) is 33.4. The van der Waals surface area contributed by atoms with Gasteiger partial charge in [0.15, 0.2) is 0 Å². The lowest BCUT2D eigenvalue weighted by molar-refractivity contribution is 0.0842. The van der Waals surface area contributed by atoms with Crippen molar-refractivity contribution in [2.24, 2.45) is 0 Å². The Hall–Kier alpha value is -6.17. The van der Waals surface area contributed by atoms with E-state index >= 15 is 0 Å². The van der Waals surface area contributed by atoms with Crippen molar-refractivity contribution in [3.8, 4) is 16.9 Å². The quantitative estimate of drug-likeness (QED) is 0.182. The Kier molecular flexibility index (Phi) is 7.24. The molecular weight excluding hydrogens is 673 g/mol. The molecule has 0 bridgehead atoms. The van der Waals surface area contributed by atoms with Gasteiger partial charge in [-0.15, -0.1) is 4.94 Å². The zero-order chi connectivity index (χ0) is 37.7. The Morgan fingerprint density at radius 3 is 1.91 bits per heavy atom. The molecule has 1 aliphatic heterocycles. The second-order valence-corrected chi connectivity index (χ2v) is 17.0. The summed E-state index contributed by atoms with van der Waals surface area (Å²) in [5.41, 5.74) is 13.1. The molecule has 8 aromatic rings. The summed E-state index contributed by atoms with van der Waals surface area (Å²) in [5.74, 6) is 0.923. The maximum Gasteiger partial charge on any atom is 0.137 e. The van der Waals surface area contributed by atoms with Crippen LogP contribution >= 0.6 is 0 Å². The van der Waals surface area contributed by atoms with Crippen molar-refractivity contribution < 1.29 is 4.94 Å². The summed E-state index contributed by atoms with van der Waals surface area (Å²) in [5, 5.41) is 6.42. The number of anilines is 3. The van der Waals surface area contributed by atoms with E-state index < -0.39 is 5.41 Å². The van der Waals surface area contributed by atoms with Crippen LogP contribution in [-0.2, 0) is 15.8 Å². The Bertz CT molecular complexity index is 2750. The average molecular weight is 717 g/mol. The molecule has 0 radical (unpaired) electrons. The van der Waals surface area contributed by atoms with Crippen LogP contribution in [-0.4, -0.2) is 15.1 Å². The Morgan fingerprint density at radius 1 is 0.545 bits per heavy atom. The Morgan fingerprint density at radius 2 is 1.18 bits per heavy atom. The second-order valence-electron chi connectivity index (χ2n) is 17.0. The molecule has 6 aromatic carbocycles. The molecule has 0 saturated carbocycles. The minimum atomic E-state index is -0.623. The van der Waals surface area contributed by atoms with E-state index in [1.807, 2.05) is 16.3 Å². The van der Waals surface area contributed by atoms with Crippen molar-refractivity contribution in [2.75, 3.05) is 10.1 Å². The molecule has 55 heavy (non-hydrogen) atoms. The number of para-hydroxylation sites is 3. The van der Waals surface area contributed by atoms with Crippen molar-refractivity contribution in [1.29, 1.82) is 0 Å². The molecule has 3 heterocycles. The molecule has 10 rings (SSSR count). The van der Waals surface area contributed by atoms with Gasteiger partial charge in [0.1, 0.15) is 5.82 Å². The number of hydrogen-bond donors (Lipinski definition) is 0. The van der Waals surface area contributed by atoms with Crippen LogP contribution in [0.4, 0.5) is 17.1 Å².